The second-order valence-electron chi connectivity index (χ2n) is 24.5. The van der Waals surface area contributed by atoms with Gasteiger partial charge in [-0.2, -0.15) is 0 Å². The third kappa shape index (κ3) is 15.5. The van der Waals surface area contributed by atoms with Gasteiger partial charge in [0, 0.05) is 53.2 Å². The SMILES string of the molecule is CCCCCCCCCCCCC1(CCCCCCCCCCCC)c2cc(Br)c3nonc3c2-c2c(F)c3c(c(F)c21)-c1c(cc(Br)c2nonc12)C3(CCCCCCCCCCCC)CCCCCCCCCCCC. The molecule has 0 saturated carbocycles. The summed E-state index contributed by atoms with van der Waals surface area (Å²) in [5, 5.41) is 18.0. The molecule has 2 aliphatic carbocycles. The number of aromatic nitrogens is 4. The first-order chi connectivity index (χ1) is 38.3. The second-order valence-corrected chi connectivity index (χ2v) is 26.2. The van der Waals surface area contributed by atoms with E-state index in [0.29, 0.717) is 55.4 Å². The van der Waals surface area contributed by atoms with Crippen LogP contribution in [0.1, 0.15) is 332 Å². The molecular formula is C68H102Br2F2N4O2. The smallest absolute Gasteiger partial charge is 0.150 e. The van der Waals surface area contributed by atoms with Crippen LogP contribution in [0.15, 0.2) is 30.3 Å². The topological polar surface area (TPSA) is 77.8 Å². The van der Waals surface area contributed by atoms with Crippen LogP contribution in [0.4, 0.5) is 8.78 Å². The van der Waals surface area contributed by atoms with Gasteiger partial charge >= 0.3 is 0 Å². The molecule has 6 nitrogen and oxygen atoms in total. The third-order valence-corrected chi connectivity index (χ3v) is 19.9. The Morgan fingerprint density at radius 3 is 0.782 bits per heavy atom. The van der Waals surface area contributed by atoms with E-state index in [0.717, 1.165) is 123 Å². The van der Waals surface area contributed by atoms with Gasteiger partial charge in [-0.25, -0.2) is 18.0 Å². The van der Waals surface area contributed by atoms with Crippen molar-refractivity contribution in [3.05, 3.63) is 55.0 Å². The van der Waals surface area contributed by atoms with Crippen LogP contribution in [0.5, 0.6) is 0 Å². The minimum atomic E-state index is -0.782. The molecule has 5 aromatic rings. The van der Waals surface area contributed by atoms with Crippen LogP contribution in [-0.2, 0) is 10.8 Å². The average molecular weight is 1210 g/mol. The van der Waals surface area contributed by atoms with Gasteiger partial charge in [0.25, 0.3) is 0 Å². The van der Waals surface area contributed by atoms with E-state index in [1.807, 2.05) is 0 Å². The Bertz CT molecular complexity index is 2330. The predicted molar refractivity (Wildman–Crippen MR) is 331 cm³/mol. The molecule has 78 heavy (non-hydrogen) atoms. The summed E-state index contributed by atoms with van der Waals surface area (Å²) in [5.41, 5.74) is 5.69. The van der Waals surface area contributed by atoms with E-state index in [-0.39, 0.29) is 11.6 Å². The lowest BCUT2D eigenvalue weighted by Crippen LogP contribution is -2.29. The van der Waals surface area contributed by atoms with Crippen molar-refractivity contribution in [3.63, 3.8) is 0 Å². The normalized spacial score (nSPS) is 14.1. The molecule has 434 valence electrons. The first kappa shape index (κ1) is 62.9. The van der Waals surface area contributed by atoms with Crippen molar-refractivity contribution in [2.24, 2.45) is 0 Å². The predicted octanol–water partition coefficient (Wildman–Crippen LogP) is 24.3. The van der Waals surface area contributed by atoms with E-state index in [1.54, 1.807) is 0 Å². The summed E-state index contributed by atoms with van der Waals surface area (Å²) >= 11 is 7.80. The molecule has 0 atom stereocenters. The maximum atomic E-state index is 19.7. The molecule has 0 bridgehead atoms. The Hall–Kier alpha value is -2.72. The molecule has 2 aliphatic rings. The zero-order chi connectivity index (χ0) is 55.0. The Labute approximate surface area is 487 Å². The highest BCUT2D eigenvalue weighted by Gasteiger charge is 2.55. The first-order valence-corrected chi connectivity index (χ1v) is 34.4. The molecular weight excluding hydrogens is 1100 g/mol. The van der Waals surface area contributed by atoms with Crippen LogP contribution in [0.2, 0.25) is 0 Å². The second kappa shape index (κ2) is 33.4. The van der Waals surface area contributed by atoms with Gasteiger partial charge in [0.2, 0.25) is 0 Å². The summed E-state index contributed by atoms with van der Waals surface area (Å²) in [5.74, 6) is -0.586. The number of hydrogen-bond acceptors (Lipinski definition) is 6. The molecule has 3 aromatic carbocycles. The van der Waals surface area contributed by atoms with Crippen LogP contribution in [0.25, 0.3) is 44.3 Å². The van der Waals surface area contributed by atoms with Crippen LogP contribution in [0.3, 0.4) is 0 Å². The third-order valence-electron chi connectivity index (χ3n) is 18.7. The van der Waals surface area contributed by atoms with Crippen molar-refractivity contribution >= 4 is 53.9 Å². The highest BCUT2D eigenvalue weighted by Crippen LogP contribution is 2.65. The molecule has 0 aliphatic heterocycles. The van der Waals surface area contributed by atoms with Gasteiger partial charge in [0.05, 0.1) is 0 Å². The Morgan fingerprint density at radius 1 is 0.321 bits per heavy atom. The molecule has 10 heteroatoms. The van der Waals surface area contributed by atoms with Gasteiger partial charge in [-0.1, -0.05) is 285 Å². The lowest BCUT2D eigenvalue weighted by Gasteiger charge is -2.35. The van der Waals surface area contributed by atoms with Gasteiger partial charge in [-0.3, -0.25) is 0 Å². The monoisotopic (exact) mass is 1200 g/mol. The van der Waals surface area contributed by atoms with Crippen molar-refractivity contribution in [2.75, 3.05) is 0 Å². The molecule has 2 heterocycles. The van der Waals surface area contributed by atoms with E-state index in [2.05, 4.69) is 92.3 Å². The number of nitrogens with zero attached hydrogens (tertiary/aromatic N) is 4. The number of fused-ring (bicyclic) bond motifs is 10. The van der Waals surface area contributed by atoms with Crippen molar-refractivity contribution in [1.29, 1.82) is 0 Å². The van der Waals surface area contributed by atoms with Gasteiger partial charge in [0.1, 0.15) is 33.7 Å². The molecule has 2 aromatic heterocycles. The number of rotatable bonds is 44. The number of benzene rings is 3. The van der Waals surface area contributed by atoms with E-state index >= 15 is 8.78 Å². The van der Waals surface area contributed by atoms with E-state index in [4.69, 9.17) is 9.26 Å². The Kier molecular flexibility index (Phi) is 26.9. The summed E-state index contributed by atoms with van der Waals surface area (Å²) < 4.78 is 51.9. The fourth-order valence-electron chi connectivity index (χ4n) is 14.3. The molecule has 0 radical (unpaired) electrons. The first-order valence-electron chi connectivity index (χ1n) is 32.8. The van der Waals surface area contributed by atoms with E-state index in [1.165, 1.54) is 180 Å². The zero-order valence-corrected chi connectivity index (χ0v) is 52.6. The quantitative estimate of drug-likeness (QED) is 0.0362. The molecule has 7 rings (SSSR count). The lowest BCUT2D eigenvalue weighted by molar-refractivity contribution is 0.315. The van der Waals surface area contributed by atoms with Crippen molar-refractivity contribution in [2.45, 2.75) is 321 Å². The summed E-state index contributed by atoms with van der Waals surface area (Å²) in [6, 6.07) is 4.29. The number of hydrogen-bond donors (Lipinski definition) is 0. The van der Waals surface area contributed by atoms with Gasteiger partial charge in [-0.05, 0) is 101 Å². The van der Waals surface area contributed by atoms with Crippen molar-refractivity contribution in [1.82, 2.24) is 20.6 Å². The van der Waals surface area contributed by atoms with E-state index in [9.17, 15) is 0 Å². The maximum Gasteiger partial charge on any atom is 0.150 e. The summed E-state index contributed by atoms with van der Waals surface area (Å²) in [6.45, 7) is 9.11. The summed E-state index contributed by atoms with van der Waals surface area (Å²) in [6.07, 6.45) is 51.5. The largest absolute Gasteiger partial charge is 0.243 e. The zero-order valence-electron chi connectivity index (χ0n) is 49.4. The van der Waals surface area contributed by atoms with E-state index < -0.39 is 10.8 Å². The molecule has 0 fully saturated rings. The molecule has 0 N–H and O–H groups in total. The highest BCUT2D eigenvalue weighted by molar-refractivity contribution is 9.11. The standard InChI is InChI=1S/C68H102Br2F2N4O2/c1-5-9-13-17-21-25-29-33-37-41-45-67(46-42-38-34-30-26-22-18-14-10-6-2)51-49-53(69)63-65(75-77-73-63)55(51)57-59(67)61(71)58-56-52(50-54(70)64-66(56)76-78-74-64)68(60(58)62(57)72,47-43-39-35-31-27-23-19-15-11-7-3)48-44-40-36-32-28-24-20-16-12-8-4/h49-50H,5-48H2,1-4H3. The molecule has 0 saturated heterocycles. The van der Waals surface area contributed by atoms with Crippen molar-refractivity contribution in [3.8, 4) is 22.3 Å². The summed E-state index contributed by atoms with van der Waals surface area (Å²) in [4.78, 5) is 0. The lowest BCUT2D eigenvalue weighted by atomic mass is 9.68. The number of unbranched alkanes of at least 4 members (excludes halogenated alkanes) is 36. The minimum absolute atomic E-state index is 0.293. The van der Waals surface area contributed by atoms with Crippen molar-refractivity contribution < 1.29 is 18.0 Å². The Morgan fingerprint density at radius 2 is 0.538 bits per heavy atom. The molecule has 0 unspecified atom stereocenters. The van der Waals surface area contributed by atoms with Crippen LogP contribution >= 0.6 is 31.9 Å². The minimum Gasteiger partial charge on any atom is -0.243 e. The average Bonchev–Trinajstić information content (AvgIpc) is 4.37. The number of halogens is 4. The fraction of sp³-hybridized carbons (Fsp3) is 0.735. The molecule has 0 amide bonds. The van der Waals surface area contributed by atoms with Gasteiger partial charge in [0.15, 0.2) is 0 Å². The van der Waals surface area contributed by atoms with Gasteiger partial charge in [-0.15, -0.1) is 0 Å². The van der Waals surface area contributed by atoms with Crippen LogP contribution in [0, 0.1) is 11.6 Å². The molecule has 0 spiro atoms. The highest BCUT2D eigenvalue weighted by atomic mass is 79.9. The Balaban J connectivity index is 1.30. The van der Waals surface area contributed by atoms with Gasteiger partial charge < -0.3 is 0 Å². The maximum absolute atomic E-state index is 19.7. The van der Waals surface area contributed by atoms with Crippen LogP contribution in [-0.4, -0.2) is 20.6 Å². The fourth-order valence-corrected chi connectivity index (χ4v) is 15.3. The van der Waals surface area contributed by atoms with Crippen LogP contribution < -0.4 is 0 Å². The summed E-state index contributed by atoms with van der Waals surface area (Å²) in [7, 11) is 0.